The molecule has 1 aromatic carbocycles. The van der Waals surface area contributed by atoms with Crippen molar-refractivity contribution >= 4 is 41.5 Å². The second-order valence-corrected chi connectivity index (χ2v) is 6.19. The van der Waals surface area contributed by atoms with Crippen LogP contribution in [-0.4, -0.2) is 43.6 Å². The lowest BCUT2D eigenvalue weighted by Gasteiger charge is -2.30. The molecule has 1 fully saturated rings. The Bertz CT molecular complexity index is 529. The molecule has 0 amide bonds. The molecular formula is C16H23ClFIN4. The molecule has 1 aromatic rings. The Labute approximate surface area is 158 Å². The molecule has 0 spiro atoms. The standard InChI is InChI=1S/C16H22ClFN4.HI/c17-12-5-3-6-13(18)15(12)14(22-9-1-2-10-22)11-21-16-19-7-4-8-20-16;/h3,5-6,14H,1-2,4,7-11H2,(H2,19,20,21);1H. The molecule has 128 valence electrons. The van der Waals surface area contributed by atoms with Crippen LogP contribution in [0.5, 0.6) is 0 Å². The van der Waals surface area contributed by atoms with Gasteiger partial charge in [0.25, 0.3) is 0 Å². The lowest BCUT2D eigenvalue weighted by Crippen LogP contribution is -2.44. The summed E-state index contributed by atoms with van der Waals surface area (Å²) < 4.78 is 14.3. The summed E-state index contributed by atoms with van der Waals surface area (Å²) in [5, 5.41) is 7.06. The number of benzene rings is 1. The summed E-state index contributed by atoms with van der Waals surface area (Å²) in [6.07, 6.45) is 3.36. The molecule has 3 rings (SSSR count). The summed E-state index contributed by atoms with van der Waals surface area (Å²) in [5.41, 5.74) is 0.593. The lowest BCUT2D eigenvalue weighted by molar-refractivity contribution is 0.240. The van der Waals surface area contributed by atoms with Crippen LogP contribution in [0.3, 0.4) is 0 Å². The van der Waals surface area contributed by atoms with Crippen molar-refractivity contribution in [1.82, 2.24) is 15.5 Å². The van der Waals surface area contributed by atoms with E-state index < -0.39 is 0 Å². The van der Waals surface area contributed by atoms with Gasteiger partial charge in [0.15, 0.2) is 5.96 Å². The SMILES string of the molecule is Fc1cccc(Cl)c1C(CNC1=NCCCN1)N1CCCC1.I. The van der Waals surface area contributed by atoms with Gasteiger partial charge in [-0.05, 0) is 44.5 Å². The fourth-order valence-electron chi connectivity index (χ4n) is 3.14. The van der Waals surface area contributed by atoms with Gasteiger partial charge in [-0.3, -0.25) is 9.89 Å². The summed E-state index contributed by atoms with van der Waals surface area (Å²) >= 11 is 6.28. The molecule has 4 nitrogen and oxygen atoms in total. The third-order valence-corrected chi connectivity index (χ3v) is 4.60. The highest BCUT2D eigenvalue weighted by Gasteiger charge is 2.27. The van der Waals surface area contributed by atoms with Gasteiger partial charge in [0, 0.05) is 30.2 Å². The van der Waals surface area contributed by atoms with Crippen molar-refractivity contribution in [3.63, 3.8) is 0 Å². The van der Waals surface area contributed by atoms with Crippen LogP contribution in [0.4, 0.5) is 4.39 Å². The molecule has 23 heavy (non-hydrogen) atoms. The zero-order valence-electron chi connectivity index (χ0n) is 13.0. The highest BCUT2D eigenvalue weighted by Crippen LogP contribution is 2.31. The first kappa shape index (κ1) is 18.7. The molecule has 2 aliphatic heterocycles. The minimum absolute atomic E-state index is 0. The lowest BCUT2D eigenvalue weighted by atomic mass is 10.0. The van der Waals surface area contributed by atoms with Gasteiger partial charge < -0.3 is 10.6 Å². The molecule has 7 heteroatoms. The van der Waals surface area contributed by atoms with Crippen molar-refractivity contribution in [3.05, 3.63) is 34.6 Å². The van der Waals surface area contributed by atoms with Gasteiger partial charge in [-0.15, -0.1) is 24.0 Å². The minimum atomic E-state index is -0.232. The fraction of sp³-hybridized carbons (Fsp3) is 0.562. The first-order valence-corrected chi connectivity index (χ1v) is 8.33. The molecule has 0 saturated carbocycles. The zero-order chi connectivity index (χ0) is 15.4. The Hall–Kier alpha value is -0.600. The number of nitrogens with one attached hydrogen (secondary N) is 2. The molecule has 2 heterocycles. The van der Waals surface area contributed by atoms with E-state index in [-0.39, 0.29) is 35.8 Å². The van der Waals surface area contributed by atoms with Crippen LogP contribution in [0, 0.1) is 5.82 Å². The number of nitrogens with zero attached hydrogens (tertiary/aromatic N) is 2. The van der Waals surface area contributed by atoms with Crippen LogP contribution < -0.4 is 10.6 Å². The van der Waals surface area contributed by atoms with Crippen molar-refractivity contribution in [2.24, 2.45) is 4.99 Å². The first-order chi connectivity index (χ1) is 10.8. The normalized spacial score (nSPS) is 19.5. The highest BCUT2D eigenvalue weighted by atomic mass is 127. The number of guanidine groups is 1. The Morgan fingerprint density at radius 2 is 2.09 bits per heavy atom. The molecule has 2 N–H and O–H groups in total. The summed E-state index contributed by atoms with van der Waals surface area (Å²) in [5.74, 6) is 0.577. The number of hydrogen-bond acceptors (Lipinski definition) is 4. The average molecular weight is 453 g/mol. The van der Waals surface area contributed by atoms with E-state index in [0.717, 1.165) is 51.4 Å². The number of rotatable bonds is 4. The number of hydrogen-bond donors (Lipinski definition) is 2. The molecule has 0 aliphatic carbocycles. The summed E-state index contributed by atoms with van der Waals surface area (Å²) in [7, 11) is 0. The predicted molar refractivity (Wildman–Crippen MR) is 103 cm³/mol. The monoisotopic (exact) mass is 452 g/mol. The molecule has 1 atom stereocenters. The van der Waals surface area contributed by atoms with Gasteiger partial charge in [0.1, 0.15) is 5.82 Å². The van der Waals surface area contributed by atoms with Gasteiger partial charge in [-0.1, -0.05) is 17.7 Å². The van der Waals surface area contributed by atoms with E-state index in [9.17, 15) is 4.39 Å². The van der Waals surface area contributed by atoms with Gasteiger partial charge in [0.2, 0.25) is 0 Å². The third kappa shape index (κ3) is 4.70. The van der Waals surface area contributed by atoms with Crippen LogP contribution in [0.15, 0.2) is 23.2 Å². The molecule has 1 saturated heterocycles. The molecule has 0 bridgehead atoms. The van der Waals surface area contributed by atoms with E-state index in [2.05, 4.69) is 20.5 Å². The molecule has 1 unspecified atom stereocenters. The van der Waals surface area contributed by atoms with E-state index in [0.29, 0.717) is 17.1 Å². The van der Waals surface area contributed by atoms with E-state index in [1.54, 1.807) is 12.1 Å². The predicted octanol–water partition coefficient (Wildman–Crippen LogP) is 3.17. The van der Waals surface area contributed by atoms with Gasteiger partial charge in [-0.2, -0.15) is 0 Å². The van der Waals surface area contributed by atoms with E-state index in [1.807, 2.05) is 0 Å². The Morgan fingerprint density at radius 3 is 2.74 bits per heavy atom. The molecule has 0 aromatic heterocycles. The maximum atomic E-state index is 14.3. The van der Waals surface area contributed by atoms with Crippen molar-refractivity contribution < 1.29 is 4.39 Å². The fourth-order valence-corrected chi connectivity index (χ4v) is 3.43. The van der Waals surface area contributed by atoms with Crippen LogP contribution in [0.1, 0.15) is 30.9 Å². The van der Waals surface area contributed by atoms with E-state index in [1.165, 1.54) is 6.07 Å². The van der Waals surface area contributed by atoms with Gasteiger partial charge in [0.05, 0.1) is 6.04 Å². The topological polar surface area (TPSA) is 39.7 Å². The Morgan fingerprint density at radius 1 is 1.30 bits per heavy atom. The third-order valence-electron chi connectivity index (χ3n) is 4.27. The summed E-state index contributed by atoms with van der Waals surface area (Å²) in [4.78, 5) is 6.72. The van der Waals surface area contributed by atoms with Crippen LogP contribution in [0.25, 0.3) is 0 Å². The van der Waals surface area contributed by atoms with Crippen molar-refractivity contribution in [1.29, 1.82) is 0 Å². The first-order valence-electron chi connectivity index (χ1n) is 7.96. The van der Waals surface area contributed by atoms with Gasteiger partial charge in [-0.25, -0.2) is 4.39 Å². The van der Waals surface area contributed by atoms with Crippen molar-refractivity contribution in [2.45, 2.75) is 25.3 Å². The van der Waals surface area contributed by atoms with E-state index >= 15 is 0 Å². The highest BCUT2D eigenvalue weighted by molar-refractivity contribution is 14.0. The largest absolute Gasteiger partial charge is 0.356 e. The molecule has 0 radical (unpaired) electrons. The van der Waals surface area contributed by atoms with Crippen LogP contribution in [0.2, 0.25) is 5.02 Å². The zero-order valence-corrected chi connectivity index (χ0v) is 16.1. The second-order valence-electron chi connectivity index (χ2n) is 5.79. The Kier molecular flexibility index (Phi) is 7.36. The van der Waals surface area contributed by atoms with Crippen LogP contribution >= 0.6 is 35.6 Å². The van der Waals surface area contributed by atoms with Crippen molar-refractivity contribution in [2.75, 3.05) is 32.7 Å². The summed E-state index contributed by atoms with van der Waals surface area (Å²) in [6, 6.07) is 4.84. The number of aliphatic imine (C=N–C) groups is 1. The van der Waals surface area contributed by atoms with Crippen molar-refractivity contribution in [3.8, 4) is 0 Å². The number of halogens is 3. The molecular weight excluding hydrogens is 430 g/mol. The van der Waals surface area contributed by atoms with Gasteiger partial charge >= 0.3 is 0 Å². The maximum absolute atomic E-state index is 14.3. The quantitative estimate of drug-likeness (QED) is 0.690. The minimum Gasteiger partial charge on any atom is -0.356 e. The smallest absolute Gasteiger partial charge is 0.191 e. The number of likely N-dealkylation sites (tertiary alicyclic amines) is 1. The maximum Gasteiger partial charge on any atom is 0.191 e. The summed E-state index contributed by atoms with van der Waals surface area (Å²) in [6.45, 7) is 4.34. The van der Waals surface area contributed by atoms with E-state index in [4.69, 9.17) is 11.6 Å². The second kappa shape index (κ2) is 9.03. The average Bonchev–Trinajstić information content (AvgIpc) is 3.05. The van der Waals surface area contributed by atoms with Crippen LogP contribution in [-0.2, 0) is 0 Å². The Balaban J connectivity index is 0.00000192. The molecule has 2 aliphatic rings.